The van der Waals surface area contributed by atoms with Crippen LogP contribution in [0.4, 0.5) is 4.39 Å². The van der Waals surface area contributed by atoms with Crippen LogP contribution in [0, 0.1) is 17.7 Å². The number of methoxy groups -OCH3 is 1. The number of aliphatic hydroxyl groups is 1. The van der Waals surface area contributed by atoms with Crippen LogP contribution < -0.4 is 15.4 Å². The monoisotopic (exact) mass is 683 g/mol. The Hall–Kier alpha value is -2.91. The first-order valence-corrected chi connectivity index (χ1v) is 18.7. The number of hydrogen-bond acceptors (Lipinski definition) is 8. The van der Waals surface area contributed by atoms with Crippen molar-refractivity contribution in [2.45, 2.75) is 87.6 Å². The van der Waals surface area contributed by atoms with Gasteiger partial charge in [-0.2, -0.15) is 0 Å². The molecule has 3 rings (SSSR count). The fourth-order valence-electron chi connectivity index (χ4n) is 5.76. The molecule has 256 valence electrons. The maximum Gasteiger partial charge on any atom is 0.239 e. The smallest absolute Gasteiger partial charge is 0.239 e. The Morgan fingerprint density at radius 2 is 1.65 bits per heavy atom. The van der Waals surface area contributed by atoms with Gasteiger partial charge >= 0.3 is 0 Å². The molecule has 6 atom stereocenters. The first-order valence-electron chi connectivity index (χ1n) is 15.2. The molecule has 1 aliphatic carbocycles. The summed E-state index contributed by atoms with van der Waals surface area (Å²) in [6.45, 7) is 5.65. The van der Waals surface area contributed by atoms with E-state index in [9.17, 15) is 35.9 Å². The summed E-state index contributed by atoms with van der Waals surface area (Å²) >= 11 is 0. The van der Waals surface area contributed by atoms with Crippen LogP contribution in [0.2, 0.25) is 0 Å². The number of sulfone groups is 1. The second-order valence-corrected chi connectivity index (χ2v) is 16.9. The lowest BCUT2D eigenvalue weighted by Crippen LogP contribution is -2.55. The zero-order valence-electron chi connectivity index (χ0n) is 26.9. The van der Waals surface area contributed by atoms with E-state index in [2.05, 4.69) is 15.4 Å². The van der Waals surface area contributed by atoms with Crippen molar-refractivity contribution < 1.29 is 40.7 Å². The molecular weight excluding hydrogens is 637 g/mol. The summed E-state index contributed by atoms with van der Waals surface area (Å²) in [6, 6.07) is 10.3. The highest BCUT2D eigenvalue weighted by molar-refractivity contribution is 7.91. The molecule has 46 heavy (non-hydrogen) atoms. The van der Waals surface area contributed by atoms with Crippen molar-refractivity contribution in [1.29, 1.82) is 0 Å². The van der Waals surface area contributed by atoms with E-state index < -0.39 is 67.0 Å². The molecule has 0 heterocycles. The van der Waals surface area contributed by atoms with Crippen molar-refractivity contribution >= 4 is 31.7 Å². The van der Waals surface area contributed by atoms with Gasteiger partial charge in [0.1, 0.15) is 11.9 Å². The molecule has 11 nitrogen and oxygen atoms in total. The molecule has 2 amide bonds. The Balaban J connectivity index is 1.88. The highest BCUT2D eigenvalue weighted by Crippen LogP contribution is 2.36. The Morgan fingerprint density at radius 1 is 1.02 bits per heavy atom. The van der Waals surface area contributed by atoms with E-state index in [0.717, 1.165) is 36.1 Å². The molecule has 3 unspecified atom stereocenters. The van der Waals surface area contributed by atoms with Gasteiger partial charge in [0.05, 0.1) is 35.2 Å². The van der Waals surface area contributed by atoms with Gasteiger partial charge in [0.2, 0.25) is 21.8 Å². The Labute approximate surface area is 271 Å². The molecule has 0 aliphatic heterocycles. The first-order chi connectivity index (χ1) is 21.4. The average molecular weight is 684 g/mol. The SMILES string of the molecule is COC1CCC(C[C@@H](O)[C@H](Cc2ccccc2)NC(=O)[C@@H](CS(=O)(=O)c2ccc(F)cc2)NS(C)(=O)=O)C(C(=O)NC(C)(C)C)C1. The number of sulfonamides is 1. The van der Waals surface area contributed by atoms with Crippen LogP contribution in [0.5, 0.6) is 0 Å². The highest BCUT2D eigenvalue weighted by atomic mass is 32.2. The maximum absolute atomic E-state index is 13.6. The van der Waals surface area contributed by atoms with Crippen LogP contribution in [-0.4, -0.2) is 82.7 Å². The van der Waals surface area contributed by atoms with E-state index in [1.165, 1.54) is 0 Å². The topological polar surface area (TPSA) is 168 Å². The standard InChI is InChI=1S/C32H46FN3O8S2/c1-32(2,3)35-30(38)26-19-24(44-4)14-11-22(26)18-29(37)27(17-21-9-7-6-8-10-21)34-31(39)28(36-45(5,40)41)20-46(42,43)25-15-12-23(33)13-16-25/h6-10,12-13,15-16,22,24,26-29,36-37H,11,14,17-20H2,1-5H3,(H,34,39)(H,35,38)/t22?,24?,26?,27-,28+,29+/m0/s1. The summed E-state index contributed by atoms with van der Waals surface area (Å²) in [7, 11) is -6.71. The van der Waals surface area contributed by atoms with Crippen molar-refractivity contribution in [3.05, 3.63) is 66.0 Å². The van der Waals surface area contributed by atoms with E-state index in [0.29, 0.717) is 19.3 Å². The summed E-state index contributed by atoms with van der Waals surface area (Å²) in [5, 5.41) is 17.3. The molecule has 0 saturated heterocycles. The molecule has 0 aromatic heterocycles. The Morgan fingerprint density at radius 3 is 2.22 bits per heavy atom. The number of benzene rings is 2. The number of carbonyl (C=O) groups excluding carboxylic acids is 2. The number of ether oxygens (including phenoxy) is 1. The average Bonchev–Trinajstić information content (AvgIpc) is 2.95. The highest BCUT2D eigenvalue weighted by Gasteiger charge is 2.39. The lowest BCUT2D eigenvalue weighted by Gasteiger charge is -2.38. The number of aliphatic hydroxyl groups excluding tert-OH is 1. The van der Waals surface area contributed by atoms with E-state index >= 15 is 0 Å². The van der Waals surface area contributed by atoms with Crippen LogP contribution in [0.1, 0.15) is 52.0 Å². The number of halogens is 1. The van der Waals surface area contributed by atoms with Crippen molar-refractivity contribution in [3.63, 3.8) is 0 Å². The minimum Gasteiger partial charge on any atom is -0.391 e. The molecule has 2 aromatic carbocycles. The van der Waals surface area contributed by atoms with Gasteiger partial charge < -0.3 is 20.5 Å². The second-order valence-electron chi connectivity index (χ2n) is 13.1. The molecule has 0 radical (unpaired) electrons. The molecule has 0 spiro atoms. The summed E-state index contributed by atoms with van der Waals surface area (Å²) < 4.78 is 71.8. The molecule has 1 saturated carbocycles. The fraction of sp³-hybridized carbons (Fsp3) is 0.562. The zero-order chi connectivity index (χ0) is 34.3. The normalized spacial score (nSPS) is 21.2. The largest absolute Gasteiger partial charge is 0.391 e. The third kappa shape index (κ3) is 11.7. The molecule has 4 N–H and O–H groups in total. The number of amides is 2. The predicted molar refractivity (Wildman–Crippen MR) is 172 cm³/mol. The van der Waals surface area contributed by atoms with Gasteiger partial charge in [0.25, 0.3) is 0 Å². The van der Waals surface area contributed by atoms with Crippen LogP contribution >= 0.6 is 0 Å². The predicted octanol–water partition coefficient (Wildman–Crippen LogP) is 2.34. The molecule has 2 aromatic rings. The van der Waals surface area contributed by atoms with Crippen molar-refractivity contribution in [1.82, 2.24) is 15.4 Å². The van der Waals surface area contributed by atoms with Crippen LogP contribution in [0.3, 0.4) is 0 Å². The van der Waals surface area contributed by atoms with Crippen LogP contribution in [-0.2, 0) is 40.6 Å². The molecule has 0 bridgehead atoms. The van der Waals surface area contributed by atoms with Gasteiger partial charge in [-0.05, 0) is 88.6 Å². The van der Waals surface area contributed by atoms with Crippen LogP contribution in [0.25, 0.3) is 0 Å². The number of nitrogens with one attached hydrogen (secondary N) is 3. The summed E-state index contributed by atoms with van der Waals surface area (Å²) in [5.41, 5.74) is 0.295. The number of carbonyl (C=O) groups is 2. The number of rotatable bonds is 14. The minimum absolute atomic E-state index is 0.116. The number of hydrogen-bond donors (Lipinski definition) is 4. The minimum atomic E-state index is -4.24. The third-order valence-corrected chi connectivity index (χ3v) is 10.5. The van der Waals surface area contributed by atoms with Gasteiger partial charge in [-0.15, -0.1) is 0 Å². The van der Waals surface area contributed by atoms with E-state index in [-0.39, 0.29) is 35.7 Å². The maximum atomic E-state index is 13.6. The van der Waals surface area contributed by atoms with Crippen molar-refractivity contribution in [3.8, 4) is 0 Å². The second kappa shape index (κ2) is 15.8. The van der Waals surface area contributed by atoms with Gasteiger partial charge in [-0.1, -0.05) is 30.3 Å². The molecular formula is C32H46FN3O8S2. The van der Waals surface area contributed by atoms with Crippen LogP contribution in [0.15, 0.2) is 59.5 Å². The quantitative estimate of drug-likeness (QED) is 0.220. The fourth-order valence-corrected chi connectivity index (χ4v) is 7.99. The van der Waals surface area contributed by atoms with E-state index in [4.69, 9.17) is 4.74 Å². The third-order valence-electron chi connectivity index (χ3n) is 7.98. The summed E-state index contributed by atoms with van der Waals surface area (Å²) in [4.78, 5) is 26.7. The summed E-state index contributed by atoms with van der Waals surface area (Å²) in [6.07, 6.45) is 1.55. The van der Waals surface area contributed by atoms with Gasteiger partial charge in [-0.25, -0.2) is 25.9 Å². The molecule has 1 aliphatic rings. The molecule has 1 fully saturated rings. The Kier molecular flexibility index (Phi) is 12.9. The Bertz CT molecular complexity index is 1530. The lowest BCUT2D eigenvalue weighted by molar-refractivity contribution is -0.132. The lowest BCUT2D eigenvalue weighted by atomic mass is 9.73. The molecule has 14 heteroatoms. The first kappa shape index (κ1) is 37.5. The van der Waals surface area contributed by atoms with Gasteiger partial charge in [0, 0.05) is 18.6 Å². The van der Waals surface area contributed by atoms with Gasteiger partial charge in [0.15, 0.2) is 9.84 Å². The van der Waals surface area contributed by atoms with E-state index in [1.807, 2.05) is 26.8 Å². The zero-order valence-corrected chi connectivity index (χ0v) is 28.5. The van der Waals surface area contributed by atoms with Crippen molar-refractivity contribution in [2.75, 3.05) is 19.1 Å². The van der Waals surface area contributed by atoms with Crippen molar-refractivity contribution in [2.24, 2.45) is 11.8 Å². The van der Waals surface area contributed by atoms with E-state index in [1.54, 1.807) is 31.4 Å². The van der Waals surface area contributed by atoms with Gasteiger partial charge in [-0.3, -0.25) is 9.59 Å². The summed E-state index contributed by atoms with van der Waals surface area (Å²) in [5.74, 6) is -3.42.